The highest BCUT2D eigenvalue weighted by atomic mass is 14.4. The van der Waals surface area contributed by atoms with Gasteiger partial charge in [0.15, 0.2) is 0 Å². The SMILES string of the molecule is CC1(C)C2=Cc3ccccc3C2=CC=C1C1CCC1. The zero-order valence-electron chi connectivity index (χ0n) is 11.7. The van der Waals surface area contributed by atoms with Crippen LogP contribution in [0, 0.1) is 11.3 Å². The molecule has 3 aliphatic carbocycles. The molecule has 19 heavy (non-hydrogen) atoms. The van der Waals surface area contributed by atoms with Gasteiger partial charge in [0.05, 0.1) is 0 Å². The minimum absolute atomic E-state index is 0.203. The van der Waals surface area contributed by atoms with E-state index < -0.39 is 0 Å². The van der Waals surface area contributed by atoms with E-state index in [1.54, 1.807) is 5.57 Å². The zero-order chi connectivity index (χ0) is 13.0. The van der Waals surface area contributed by atoms with Crippen molar-refractivity contribution in [2.45, 2.75) is 33.1 Å². The van der Waals surface area contributed by atoms with Crippen LogP contribution >= 0.6 is 0 Å². The summed E-state index contributed by atoms with van der Waals surface area (Å²) >= 11 is 0. The van der Waals surface area contributed by atoms with E-state index in [0.29, 0.717) is 0 Å². The molecule has 0 bridgehead atoms. The van der Waals surface area contributed by atoms with Gasteiger partial charge >= 0.3 is 0 Å². The Labute approximate surface area is 115 Å². The number of fused-ring (bicyclic) bond motifs is 3. The van der Waals surface area contributed by atoms with Crippen molar-refractivity contribution < 1.29 is 0 Å². The summed E-state index contributed by atoms with van der Waals surface area (Å²) in [5.74, 6) is 0.831. The number of hydrogen-bond donors (Lipinski definition) is 0. The van der Waals surface area contributed by atoms with Crippen LogP contribution in [0.3, 0.4) is 0 Å². The molecule has 1 aromatic rings. The molecule has 0 amide bonds. The average molecular weight is 248 g/mol. The third-order valence-electron chi connectivity index (χ3n) is 5.21. The molecule has 1 aromatic carbocycles. The molecule has 3 aliphatic rings. The molecule has 0 heteroatoms. The van der Waals surface area contributed by atoms with Gasteiger partial charge in [-0.05, 0) is 47.1 Å². The summed E-state index contributed by atoms with van der Waals surface area (Å²) in [7, 11) is 0. The maximum absolute atomic E-state index is 2.42. The maximum atomic E-state index is 2.42. The summed E-state index contributed by atoms with van der Waals surface area (Å²) in [5, 5.41) is 0. The monoisotopic (exact) mass is 248 g/mol. The van der Waals surface area contributed by atoms with Crippen molar-refractivity contribution in [1.29, 1.82) is 0 Å². The van der Waals surface area contributed by atoms with Crippen LogP contribution in [0.1, 0.15) is 44.2 Å². The largest absolute Gasteiger partial charge is 0.0616 e. The molecule has 1 fully saturated rings. The Kier molecular flexibility index (Phi) is 2.21. The summed E-state index contributed by atoms with van der Waals surface area (Å²) < 4.78 is 0. The Morgan fingerprint density at radius 2 is 1.84 bits per heavy atom. The van der Waals surface area contributed by atoms with Gasteiger partial charge in [-0.25, -0.2) is 0 Å². The Hall–Kier alpha value is -1.56. The van der Waals surface area contributed by atoms with Gasteiger partial charge in [-0.3, -0.25) is 0 Å². The first-order chi connectivity index (χ1) is 9.18. The van der Waals surface area contributed by atoms with Crippen LogP contribution in [0.25, 0.3) is 11.6 Å². The van der Waals surface area contributed by atoms with E-state index in [4.69, 9.17) is 0 Å². The molecule has 96 valence electrons. The van der Waals surface area contributed by atoms with Gasteiger partial charge in [0.2, 0.25) is 0 Å². The lowest BCUT2D eigenvalue weighted by atomic mass is 9.63. The van der Waals surface area contributed by atoms with Crippen molar-refractivity contribution in [2.24, 2.45) is 11.3 Å². The van der Waals surface area contributed by atoms with Gasteiger partial charge in [0.25, 0.3) is 0 Å². The smallest absolute Gasteiger partial charge is 0.0117 e. The van der Waals surface area contributed by atoms with Gasteiger partial charge in [0, 0.05) is 5.41 Å². The van der Waals surface area contributed by atoms with Crippen LogP contribution in [0.5, 0.6) is 0 Å². The van der Waals surface area contributed by atoms with E-state index >= 15 is 0 Å². The van der Waals surface area contributed by atoms with Gasteiger partial charge in [-0.15, -0.1) is 0 Å². The number of allylic oxidation sites excluding steroid dienone is 5. The molecule has 0 unspecified atom stereocenters. The standard InChI is InChI=1S/C19H20/c1-19(2)17(13-7-5-8-13)11-10-16-15-9-4-3-6-14(15)12-18(16)19/h3-4,6,9-13H,5,7-8H2,1-2H3. The lowest BCUT2D eigenvalue weighted by Gasteiger charge is -2.41. The van der Waals surface area contributed by atoms with Crippen LogP contribution in [-0.2, 0) is 0 Å². The summed E-state index contributed by atoms with van der Waals surface area (Å²) in [6, 6.07) is 8.78. The van der Waals surface area contributed by atoms with Crippen molar-refractivity contribution in [2.75, 3.05) is 0 Å². The second-order valence-corrected chi connectivity index (χ2v) is 6.60. The highest BCUT2D eigenvalue weighted by Gasteiger charge is 2.40. The third kappa shape index (κ3) is 1.46. The molecular weight excluding hydrogens is 228 g/mol. The highest BCUT2D eigenvalue weighted by molar-refractivity contribution is 5.97. The highest BCUT2D eigenvalue weighted by Crippen LogP contribution is 2.54. The fourth-order valence-corrected chi connectivity index (χ4v) is 3.85. The zero-order valence-corrected chi connectivity index (χ0v) is 11.7. The van der Waals surface area contributed by atoms with E-state index in [1.807, 2.05) is 0 Å². The second-order valence-electron chi connectivity index (χ2n) is 6.60. The summed E-state index contributed by atoms with van der Waals surface area (Å²) in [6.45, 7) is 4.81. The molecule has 0 N–H and O–H groups in total. The fraction of sp³-hybridized carbons (Fsp3) is 0.368. The topological polar surface area (TPSA) is 0 Å². The van der Waals surface area contributed by atoms with Crippen LogP contribution in [-0.4, -0.2) is 0 Å². The Morgan fingerprint density at radius 3 is 2.58 bits per heavy atom. The minimum Gasteiger partial charge on any atom is -0.0616 e. The Morgan fingerprint density at radius 1 is 1.05 bits per heavy atom. The molecule has 0 aromatic heterocycles. The number of rotatable bonds is 1. The summed E-state index contributed by atoms with van der Waals surface area (Å²) in [5.41, 5.74) is 7.63. The first kappa shape index (κ1) is 11.3. The first-order valence-electron chi connectivity index (χ1n) is 7.42. The predicted molar refractivity (Wildman–Crippen MR) is 81.6 cm³/mol. The predicted octanol–water partition coefficient (Wildman–Crippen LogP) is 5.23. The molecule has 0 nitrogen and oxygen atoms in total. The number of hydrogen-bond acceptors (Lipinski definition) is 0. The van der Waals surface area contributed by atoms with Crippen LogP contribution in [0.4, 0.5) is 0 Å². The van der Waals surface area contributed by atoms with Gasteiger partial charge in [-0.1, -0.05) is 62.3 Å². The van der Waals surface area contributed by atoms with Crippen molar-refractivity contribution in [3.8, 4) is 0 Å². The van der Waals surface area contributed by atoms with Crippen LogP contribution in [0.2, 0.25) is 0 Å². The Bertz CT molecular complexity index is 634. The molecular formula is C19H20. The third-order valence-corrected chi connectivity index (χ3v) is 5.21. The second kappa shape index (κ2) is 3.72. The van der Waals surface area contributed by atoms with Crippen molar-refractivity contribution >= 4 is 11.6 Å². The van der Waals surface area contributed by atoms with Crippen molar-refractivity contribution in [3.63, 3.8) is 0 Å². The van der Waals surface area contributed by atoms with E-state index in [2.05, 4.69) is 56.3 Å². The fourth-order valence-electron chi connectivity index (χ4n) is 3.85. The van der Waals surface area contributed by atoms with E-state index in [1.165, 1.54) is 41.5 Å². The molecule has 0 spiro atoms. The van der Waals surface area contributed by atoms with E-state index in [0.717, 1.165) is 5.92 Å². The van der Waals surface area contributed by atoms with Gasteiger partial charge in [-0.2, -0.15) is 0 Å². The maximum Gasteiger partial charge on any atom is 0.0117 e. The quantitative estimate of drug-likeness (QED) is 0.638. The first-order valence-corrected chi connectivity index (χ1v) is 7.42. The molecule has 0 aliphatic heterocycles. The lowest BCUT2D eigenvalue weighted by Crippen LogP contribution is -2.28. The number of benzene rings is 1. The van der Waals surface area contributed by atoms with Crippen molar-refractivity contribution in [1.82, 2.24) is 0 Å². The van der Waals surface area contributed by atoms with Gasteiger partial charge in [0.1, 0.15) is 0 Å². The molecule has 0 heterocycles. The molecule has 0 atom stereocenters. The van der Waals surface area contributed by atoms with Gasteiger partial charge < -0.3 is 0 Å². The normalized spacial score (nSPS) is 23.8. The van der Waals surface area contributed by atoms with Crippen molar-refractivity contribution in [3.05, 3.63) is 58.7 Å². The lowest BCUT2D eigenvalue weighted by molar-refractivity contribution is 0.316. The Balaban J connectivity index is 1.85. The average Bonchev–Trinajstić information content (AvgIpc) is 2.71. The molecule has 0 saturated heterocycles. The van der Waals surface area contributed by atoms with E-state index in [9.17, 15) is 0 Å². The molecule has 4 rings (SSSR count). The van der Waals surface area contributed by atoms with Crippen LogP contribution < -0.4 is 0 Å². The summed E-state index contributed by atoms with van der Waals surface area (Å²) in [4.78, 5) is 0. The van der Waals surface area contributed by atoms with E-state index in [-0.39, 0.29) is 5.41 Å². The van der Waals surface area contributed by atoms with Crippen LogP contribution in [0.15, 0.2) is 47.6 Å². The molecule has 0 radical (unpaired) electrons. The minimum atomic E-state index is 0.203. The summed E-state index contributed by atoms with van der Waals surface area (Å²) in [6.07, 6.45) is 11.4. The molecule has 1 saturated carbocycles.